The molecule has 2 aromatic rings. The minimum atomic E-state index is -1.05. The standard InChI is InChI=1S/C18H18O7/c1-18(2)14(24-17(22)6-4-15(19)20)8-11-7-10-3-5-16(21)23-12(10)9-13(11)25-18/h3,5,7,9,14H,4,6,8H2,1-2H3,(H,19,20)/t14-/m0/s1. The highest BCUT2D eigenvalue weighted by atomic mass is 16.6. The van der Waals surface area contributed by atoms with Crippen LogP contribution in [-0.4, -0.2) is 28.8 Å². The van der Waals surface area contributed by atoms with Crippen LogP contribution >= 0.6 is 0 Å². The summed E-state index contributed by atoms with van der Waals surface area (Å²) in [6.07, 6.45) is -0.574. The average molecular weight is 346 g/mol. The fraction of sp³-hybridized carbons (Fsp3) is 0.389. The van der Waals surface area contributed by atoms with Crippen LogP contribution in [0.15, 0.2) is 33.5 Å². The van der Waals surface area contributed by atoms with Gasteiger partial charge in [0.25, 0.3) is 0 Å². The number of carbonyl (C=O) groups excluding carboxylic acids is 1. The lowest BCUT2D eigenvalue weighted by molar-refractivity contribution is -0.162. The predicted molar refractivity (Wildman–Crippen MR) is 87.6 cm³/mol. The summed E-state index contributed by atoms with van der Waals surface area (Å²) in [6, 6.07) is 6.50. The molecule has 0 radical (unpaired) electrons. The van der Waals surface area contributed by atoms with Crippen molar-refractivity contribution in [2.24, 2.45) is 0 Å². The van der Waals surface area contributed by atoms with Crippen LogP contribution in [0, 0.1) is 0 Å². The summed E-state index contributed by atoms with van der Waals surface area (Å²) < 4.78 is 16.6. The zero-order valence-electron chi connectivity index (χ0n) is 13.9. The minimum absolute atomic E-state index is 0.183. The summed E-state index contributed by atoms with van der Waals surface area (Å²) in [4.78, 5) is 33.8. The van der Waals surface area contributed by atoms with Gasteiger partial charge in [-0.05, 0) is 31.5 Å². The maximum absolute atomic E-state index is 11.9. The molecule has 3 rings (SSSR count). The molecule has 2 heterocycles. The Balaban J connectivity index is 1.85. The first kappa shape index (κ1) is 17.0. The lowest BCUT2D eigenvalue weighted by Gasteiger charge is -2.39. The van der Waals surface area contributed by atoms with Crippen LogP contribution in [0.4, 0.5) is 0 Å². The first-order chi connectivity index (χ1) is 11.7. The van der Waals surface area contributed by atoms with E-state index in [1.165, 1.54) is 6.07 Å². The SMILES string of the molecule is CC1(C)Oc2cc3oc(=O)ccc3cc2C[C@@H]1OC(=O)CCC(=O)O. The van der Waals surface area contributed by atoms with Gasteiger partial charge in [-0.3, -0.25) is 9.59 Å². The third-order valence-corrected chi connectivity index (χ3v) is 4.17. The van der Waals surface area contributed by atoms with Gasteiger partial charge < -0.3 is 19.0 Å². The van der Waals surface area contributed by atoms with Crippen molar-refractivity contribution >= 4 is 22.9 Å². The summed E-state index contributed by atoms with van der Waals surface area (Å²) >= 11 is 0. The van der Waals surface area contributed by atoms with E-state index < -0.39 is 29.3 Å². The summed E-state index contributed by atoms with van der Waals surface area (Å²) in [5.41, 5.74) is 0.0256. The van der Waals surface area contributed by atoms with Gasteiger partial charge in [0, 0.05) is 23.9 Å². The first-order valence-corrected chi connectivity index (χ1v) is 7.92. The Morgan fingerprint density at radius 1 is 1.28 bits per heavy atom. The summed E-state index contributed by atoms with van der Waals surface area (Å²) in [5.74, 6) is -1.04. The van der Waals surface area contributed by atoms with Crippen molar-refractivity contribution in [3.63, 3.8) is 0 Å². The third-order valence-electron chi connectivity index (χ3n) is 4.17. The number of hydrogen-bond acceptors (Lipinski definition) is 6. The van der Waals surface area contributed by atoms with Gasteiger partial charge in [-0.1, -0.05) is 0 Å². The highest BCUT2D eigenvalue weighted by Crippen LogP contribution is 2.37. The molecule has 0 bridgehead atoms. The van der Waals surface area contributed by atoms with Crippen LogP contribution in [-0.2, 0) is 20.7 Å². The normalized spacial score (nSPS) is 18.2. The first-order valence-electron chi connectivity index (χ1n) is 7.92. The number of hydrogen-bond donors (Lipinski definition) is 1. The average Bonchev–Trinajstić information content (AvgIpc) is 2.51. The maximum atomic E-state index is 11.9. The molecule has 1 atom stereocenters. The highest BCUT2D eigenvalue weighted by molar-refractivity contribution is 5.80. The Morgan fingerprint density at radius 2 is 2.04 bits per heavy atom. The Bertz CT molecular complexity index is 894. The molecule has 7 heteroatoms. The van der Waals surface area contributed by atoms with E-state index in [0.717, 1.165) is 10.9 Å². The van der Waals surface area contributed by atoms with E-state index in [0.29, 0.717) is 17.8 Å². The smallest absolute Gasteiger partial charge is 0.336 e. The maximum Gasteiger partial charge on any atom is 0.336 e. The molecule has 1 aromatic heterocycles. The van der Waals surface area contributed by atoms with Crippen LogP contribution in [0.3, 0.4) is 0 Å². The van der Waals surface area contributed by atoms with E-state index in [2.05, 4.69) is 0 Å². The number of carbonyl (C=O) groups is 2. The third kappa shape index (κ3) is 3.65. The van der Waals surface area contributed by atoms with Gasteiger partial charge in [-0.25, -0.2) is 4.79 Å². The molecule has 25 heavy (non-hydrogen) atoms. The summed E-state index contributed by atoms with van der Waals surface area (Å²) in [6.45, 7) is 3.58. The second kappa shape index (κ2) is 6.23. The molecule has 0 amide bonds. The zero-order chi connectivity index (χ0) is 18.2. The van der Waals surface area contributed by atoms with Crippen LogP contribution < -0.4 is 10.4 Å². The topological polar surface area (TPSA) is 103 Å². The number of aliphatic carboxylic acids is 1. The van der Waals surface area contributed by atoms with Crippen molar-refractivity contribution in [2.45, 2.75) is 44.8 Å². The van der Waals surface area contributed by atoms with Crippen molar-refractivity contribution in [3.05, 3.63) is 40.2 Å². The van der Waals surface area contributed by atoms with Crippen LogP contribution in [0.2, 0.25) is 0 Å². The van der Waals surface area contributed by atoms with E-state index in [9.17, 15) is 14.4 Å². The van der Waals surface area contributed by atoms with Gasteiger partial charge >= 0.3 is 17.6 Å². The predicted octanol–water partition coefficient (Wildman–Crippen LogP) is 2.28. The largest absolute Gasteiger partial charge is 0.484 e. The summed E-state index contributed by atoms with van der Waals surface area (Å²) in [7, 11) is 0. The lowest BCUT2D eigenvalue weighted by Crippen LogP contribution is -2.48. The quantitative estimate of drug-likeness (QED) is 0.669. The molecule has 1 aliphatic heterocycles. The monoisotopic (exact) mass is 346 g/mol. The van der Waals surface area contributed by atoms with E-state index in [-0.39, 0.29) is 12.8 Å². The molecular weight excluding hydrogens is 328 g/mol. The Morgan fingerprint density at radius 3 is 2.76 bits per heavy atom. The van der Waals surface area contributed by atoms with Crippen molar-refractivity contribution in [2.75, 3.05) is 0 Å². The summed E-state index contributed by atoms with van der Waals surface area (Å²) in [5, 5.41) is 9.41. The second-order valence-electron chi connectivity index (χ2n) is 6.53. The van der Waals surface area contributed by atoms with Crippen molar-refractivity contribution in [1.29, 1.82) is 0 Å². The number of fused-ring (bicyclic) bond motifs is 2. The molecule has 1 N–H and O–H groups in total. The number of carboxylic acids is 1. The van der Waals surface area contributed by atoms with Gasteiger partial charge in [0.1, 0.15) is 23.0 Å². The molecule has 132 valence electrons. The second-order valence-corrected chi connectivity index (χ2v) is 6.53. The van der Waals surface area contributed by atoms with E-state index >= 15 is 0 Å². The molecule has 1 aromatic carbocycles. The fourth-order valence-electron chi connectivity index (χ4n) is 2.80. The fourth-order valence-corrected chi connectivity index (χ4v) is 2.80. The molecule has 0 spiro atoms. The van der Waals surface area contributed by atoms with Gasteiger partial charge in [0.05, 0.1) is 12.8 Å². The molecule has 1 aliphatic rings. The van der Waals surface area contributed by atoms with Gasteiger partial charge in [-0.2, -0.15) is 0 Å². The van der Waals surface area contributed by atoms with Crippen molar-refractivity contribution in [3.8, 4) is 5.75 Å². The van der Waals surface area contributed by atoms with Gasteiger partial charge in [0.15, 0.2) is 0 Å². The zero-order valence-corrected chi connectivity index (χ0v) is 13.9. The molecule has 0 saturated carbocycles. The van der Waals surface area contributed by atoms with E-state index in [1.807, 2.05) is 6.07 Å². The van der Waals surface area contributed by atoms with Crippen LogP contribution in [0.25, 0.3) is 11.0 Å². The number of carboxylic acid groups (broad SMARTS) is 1. The molecule has 0 fully saturated rings. The molecule has 0 aliphatic carbocycles. The number of benzene rings is 1. The van der Waals surface area contributed by atoms with Gasteiger partial charge in [-0.15, -0.1) is 0 Å². The Kier molecular flexibility index (Phi) is 4.24. The number of ether oxygens (including phenoxy) is 2. The molecule has 7 nitrogen and oxygen atoms in total. The highest BCUT2D eigenvalue weighted by Gasteiger charge is 2.40. The molecular formula is C18H18O7. The van der Waals surface area contributed by atoms with Crippen molar-refractivity contribution in [1.82, 2.24) is 0 Å². The van der Waals surface area contributed by atoms with Crippen molar-refractivity contribution < 1.29 is 28.6 Å². The Labute approximate surface area is 143 Å². The number of esters is 1. The number of rotatable bonds is 4. The molecule has 0 unspecified atom stereocenters. The minimum Gasteiger partial charge on any atom is -0.484 e. The lowest BCUT2D eigenvalue weighted by atomic mass is 9.90. The molecule has 0 saturated heterocycles. The Hall–Kier alpha value is -2.83. The van der Waals surface area contributed by atoms with E-state index in [4.69, 9.17) is 19.0 Å². The van der Waals surface area contributed by atoms with Crippen LogP contribution in [0.5, 0.6) is 5.75 Å². The van der Waals surface area contributed by atoms with E-state index in [1.54, 1.807) is 26.0 Å². The van der Waals surface area contributed by atoms with Crippen LogP contribution in [0.1, 0.15) is 32.3 Å². The van der Waals surface area contributed by atoms with Gasteiger partial charge in [0.2, 0.25) is 0 Å².